The Morgan fingerprint density at radius 3 is 3.18 bits per heavy atom. The van der Waals surface area contributed by atoms with E-state index in [0.717, 1.165) is 33.7 Å². The van der Waals surface area contributed by atoms with Gasteiger partial charge in [0.25, 0.3) is 0 Å². The maximum atomic E-state index is 5.52. The number of benzene rings is 1. The van der Waals surface area contributed by atoms with Crippen molar-refractivity contribution in [3.8, 4) is 11.3 Å². The summed E-state index contributed by atoms with van der Waals surface area (Å²) in [4.78, 5) is 11.9. The number of hydrogen-bond donors (Lipinski definition) is 2. The van der Waals surface area contributed by atoms with Crippen molar-refractivity contribution in [2.75, 3.05) is 6.54 Å². The molecule has 0 saturated carbocycles. The number of fused-ring (bicyclic) bond motifs is 1. The van der Waals surface area contributed by atoms with Gasteiger partial charge in [-0.2, -0.15) is 0 Å². The van der Waals surface area contributed by atoms with Gasteiger partial charge in [0.05, 0.1) is 28.1 Å². The molecule has 0 bridgehead atoms. The highest BCUT2D eigenvalue weighted by atomic mass is 32.1. The number of nitrogens with one attached hydrogen (secondary N) is 1. The number of hydrogen-bond acceptors (Lipinski definition) is 4. The van der Waals surface area contributed by atoms with Crippen LogP contribution in [-0.2, 0) is 6.42 Å². The lowest BCUT2D eigenvalue weighted by Crippen LogP contribution is -2.01. The highest BCUT2D eigenvalue weighted by molar-refractivity contribution is 7.09. The number of rotatable bonds is 3. The molecule has 0 unspecified atom stereocenters. The average molecular weight is 244 g/mol. The largest absolute Gasteiger partial charge is 0.345 e. The first-order valence-corrected chi connectivity index (χ1v) is 6.33. The Hall–Kier alpha value is -1.72. The standard InChI is InChI=1S/C12H12N4S/c13-4-3-12-16-11(6-17-12)8-1-2-9-10(5-8)15-7-14-9/h1-2,5-7H,3-4,13H2,(H,14,15). The van der Waals surface area contributed by atoms with Crippen LogP contribution in [0.5, 0.6) is 0 Å². The number of thiazole rings is 1. The zero-order valence-electron chi connectivity index (χ0n) is 9.18. The molecule has 17 heavy (non-hydrogen) atoms. The van der Waals surface area contributed by atoms with E-state index in [9.17, 15) is 0 Å². The molecule has 86 valence electrons. The summed E-state index contributed by atoms with van der Waals surface area (Å²) < 4.78 is 0. The Morgan fingerprint density at radius 1 is 1.35 bits per heavy atom. The predicted molar refractivity (Wildman–Crippen MR) is 70.0 cm³/mol. The summed E-state index contributed by atoms with van der Waals surface area (Å²) in [6.07, 6.45) is 2.55. The minimum Gasteiger partial charge on any atom is -0.345 e. The van der Waals surface area contributed by atoms with Crippen LogP contribution in [0.25, 0.3) is 22.3 Å². The summed E-state index contributed by atoms with van der Waals surface area (Å²) in [6, 6.07) is 6.12. The number of aromatic nitrogens is 3. The van der Waals surface area contributed by atoms with E-state index in [4.69, 9.17) is 5.73 Å². The van der Waals surface area contributed by atoms with Crippen LogP contribution in [0, 0.1) is 0 Å². The second-order valence-electron chi connectivity index (χ2n) is 3.80. The van der Waals surface area contributed by atoms with Crippen molar-refractivity contribution < 1.29 is 0 Å². The molecule has 0 aliphatic carbocycles. The van der Waals surface area contributed by atoms with Crippen molar-refractivity contribution in [2.24, 2.45) is 5.73 Å². The lowest BCUT2D eigenvalue weighted by molar-refractivity contribution is 0.954. The highest BCUT2D eigenvalue weighted by Gasteiger charge is 2.05. The van der Waals surface area contributed by atoms with Crippen LogP contribution >= 0.6 is 11.3 Å². The van der Waals surface area contributed by atoms with Crippen LogP contribution in [-0.4, -0.2) is 21.5 Å². The number of aromatic amines is 1. The second kappa shape index (κ2) is 4.27. The fourth-order valence-electron chi connectivity index (χ4n) is 1.78. The average Bonchev–Trinajstić information content (AvgIpc) is 2.96. The molecule has 5 heteroatoms. The molecule has 0 radical (unpaired) electrons. The molecule has 3 aromatic rings. The third kappa shape index (κ3) is 1.94. The number of H-pyrrole nitrogens is 1. The first-order valence-electron chi connectivity index (χ1n) is 5.45. The Morgan fingerprint density at radius 2 is 2.29 bits per heavy atom. The van der Waals surface area contributed by atoms with Gasteiger partial charge < -0.3 is 10.7 Å². The molecule has 0 amide bonds. The van der Waals surface area contributed by atoms with Crippen LogP contribution < -0.4 is 5.73 Å². The molecule has 0 aliphatic rings. The molecule has 3 N–H and O–H groups in total. The monoisotopic (exact) mass is 244 g/mol. The Balaban J connectivity index is 2.00. The van der Waals surface area contributed by atoms with Crippen molar-refractivity contribution in [3.05, 3.63) is 34.9 Å². The maximum absolute atomic E-state index is 5.52. The third-order valence-corrected chi connectivity index (χ3v) is 3.53. The molecule has 3 rings (SSSR count). The fraction of sp³-hybridized carbons (Fsp3) is 0.167. The minimum absolute atomic E-state index is 0.645. The van der Waals surface area contributed by atoms with Gasteiger partial charge in [0.15, 0.2) is 0 Å². The van der Waals surface area contributed by atoms with Crippen molar-refractivity contribution in [2.45, 2.75) is 6.42 Å². The summed E-state index contributed by atoms with van der Waals surface area (Å²) in [5.74, 6) is 0. The topological polar surface area (TPSA) is 67.6 Å². The lowest BCUT2D eigenvalue weighted by atomic mass is 10.1. The Labute approximate surface area is 103 Å². The summed E-state index contributed by atoms with van der Waals surface area (Å²) in [5, 5.41) is 3.16. The molecule has 0 saturated heterocycles. The van der Waals surface area contributed by atoms with Crippen molar-refractivity contribution in [1.82, 2.24) is 15.0 Å². The number of nitrogens with two attached hydrogens (primary N) is 1. The molecular formula is C12H12N4S. The van der Waals surface area contributed by atoms with Gasteiger partial charge in [-0.15, -0.1) is 11.3 Å². The fourth-order valence-corrected chi connectivity index (χ4v) is 2.60. The molecule has 0 fully saturated rings. The van der Waals surface area contributed by atoms with E-state index in [-0.39, 0.29) is 0 Å². The van der Waals surface area contributed by atoms with E-state index in [1.54, 1.807) is 17.7 Å². The number of nitrogens with zero attached hydrogens (tertiary/aromatic N) is 2. The zero-order chi connectivity index (χ0) is 11.7. The highest BCUT2D eigenvalue weighted by Crippen LogP contribution is 2.24. The minimum atomic E-state index is 0.645. The summed E-state index contributed by atoms with van der Waals surface area (Å²) >= 11 is 1.66. The van der Waals surface area contributed by atoms with Crippen molar-refractivity contribution >= 4 is 22.4 Å². The molecule has 2 aromatic heterocycles. The number of imidazole rings is 1. The first-order chi connectivity index (χ1) is 8.36. The van der Waals surface area contributed by atoms with E-state index in [0.29, 0.717) is 6.54 Å². The first kappa shape index (κ1) is 10.4. The predicted octanol–water partition coefficient (Wildman–Crippen LogP) is 2.19. The molecular weight excluding hydrogens is 232 g/mol. The van der Waals surface area contributed by atoms with Gasteiger partial charge in [-0.1, -0.05) is 6.07 Å². The van der Waals surface area contributed by atoms with Crippen molar-refractivity contribution in [3.63, 3.8) is 0 Å². The van der Waals surface area contributed by atoms with Gasteiger partial charge in [0.1, 0.15) is 0 Å². The molecule has 2 heterocycles. The van der Waals surface area contributed by atoms with Crippen LogP contribution in [0.15, 0.2) is 29.9 Å². The SMILES string of the molecule is NCCc1nc(-c2ccc3nc[nH]c3c2)cs1. The van der Waals surface area contributed by atoms with Crippen molar-refractivity contribution in [1.29, 1.82) is 0 Å². The Bertz CT molecular complexity index is 641. The van der Waals surface area contributed by atoms with Gasteiger partial charge in [-0.25, -0.2) is 9.97 Å². The summed E-state index contributed by atoms with van der Waals surface area (Å²) in [7, 11) is 0. The molecule has 4 nitrogen and oxygen atoms in total. The lowest BCUT2D eigenvalue weighted by Gasteiger charge is -1.96. The Kier molecular flexibility index (Phi) is 2.62. The second-order valence-corrected chi connectivity index (χ2v) is 4.74. The van der Waals surface area contributed by atoms with Gasteiger partial charge in [-0.05, 0) is 18.7 Å². The maximum Gasteiger partial charge on any atom is 0.0945 e. The zero-order valence-corrected chi connectivity index (χ0v) is 10.00. The van der Waals surface area contributed by atoms with E-state index in [1.165, 1.54) is 0 Å². The molecule has 1 aromatic carbocycles. The normalized spacial score (nSPS) is 11.1. The smallest absolute Gasteiger partial charge is 0.0945 e. The van der Waals surface area contributed by atoms with Crippen LogP contribution in [0.4, 0.5) is 0 Å². The van der Waals surface area contributed by atoms with E-state index in [2.05, 4.69) is 26.4 Å². The van der Waals surface area contributed by atoms with Crippen LogP contribution in [0.3, 0.4) is 0 Å². The summed E-state index contributed by atoms with van der Waals surface area (Å²) in [6.45, 7) is 0.645. The molecule has 0 atom stereocenters. The van der Waals surface area contributed by atoms with Gasteiger partial charge in [0, 0.05) is 17.4 Å². The van der Waals surface area contributed by atoms with E-state index in [1.807, 2.05) is 12.1 Å². The quantitative estimate of drug-likeness (QED) is 0.742. The molecule has 0 spiro atoms. The van der Waals surface area contributed by atoms with Crippen LogP contribution in [0.1, 0.15) is 5.01 Å². The van der Waals surface area contributed by atoms with Crippen LogP contribution in [0.2, 0.25) is 0 Å². The van der Waals surface area contributed by atoms with E-state index >= 15 is 0 Å². The summed E-state index contributed by atoms with van der Waals surface area (Å²) in [5.41, 5.74) is 9.66. The van der Waals surface area contributed by atoms with Gasteiger partial charge >= 0.3 is 0 Å². The molecule has 0 aliphatic heterocycles. The van der Waals surface area contributed by atoms with Gasteiger partial charge in [0.2, 0.25) is 0 Å². The third-order valence-electron chi connectivity index (χ3n) is 2.63. The van der Waals surface area contributed by atoms with Gasteiger partial charge in [-0.3, -0.25) is 0 Å². The van der Waals surface area contributed by atoms with E-state index < -0.39 is 0 Å².